The topological polar surface area (TPSA) is 80.3 Å². The van der Waals surface area contributed by atoms with Crippen molar-refractivity contribution in [2.45, 2.75) is 13.7 Å². The van der Waals surface area contributed by atoms with Crippen LogP contribution in [0.4, 0.5) is 0 Å². The fourth-order valence-electron chi connectivity index (χ4n) is 2.08. The van der Waals surface area contributed by atoms with Gasteiger partial charge < -0.3 is 0 Å². The predicted octanol–water partition coefficient (Wildman–Crippen LogP) is 3.36. The summed E-state index contributed by atoms with van der Waals surface area (Å²) in [6.45, 7) is -0.207. The highest BCUT2D eigenvalue weighted by Gasteiger charge is 2.32. The number of hydrogen-bond donors (Lipinski definition) is 1. The molecule has 24 heavy (non-hydrogen) atoms. The molecular weight excluding hydrogens is 406 g/mol. The zero-order valence-corrected chi connectivity index (χ0v) is 16.2. The van der Waals surface area contributed by atoms with Gasteiger partial charge in [-0.05, 0) is 34.3 Å². The Bertz CT molecular complexity index is 972. The molecule has 0 spiro atoms. The van der Waals surface area contributed by atoms with E-state index in [2.05, 4.69) is 4.72 Å². The molecule has 0 unspecified atom stereocenters. The molecule has 0 aromatic carbocycles. The second kappa shape index (κ2) is 7.06. The van der Waals surface area contributed by atoms with E-state index in [1.165, 1.54) is 23.5 Å². The molecule has 10 heteroatoms. The summed E-state index contributed by atoms with van der Waals surface area (Å²) in [5.41, 5.74) is 0. The lowest BCUT2D eigenvalue weighted by atomic mass is 10.3. The summed E-state index contributed by atoms with van der Waals surface area (Å²) in [4.78, 5) is 0.609. The maximum atomic E-state index is 12.9. The third-order valence-corrected chi connectivity index (χ3v) is 10.7. The summed E-state index contributed by atoms with van der Waals surface area (Å²) in [5, 5.41) is 4.17. The Kier molecular flexibility index (Phi) is 5.23. The second-order valence-corrected chi connectivity index (χ2v) is 12.0. The van der Waals surface area contributed by atoms with Crippen LogP contribution in [0.25, 0.3) is 0 Å². The molecule has 5 nitrogen and oxygen atoms in total. The van der Waals surface area contributed by atoms with Gasteiger partial charge in [-0.1, -0.05) is 18.2 Å². The van der Waals surface area contributed by atoms with Crippen LogP contribution in [0.5, 0.6) is 0 Å². The Hall–Kier alpha value is -1.04. The molecular formula is C14H13NO4S5. The lowest BCUT2D eigenvalue weighted by Crippen LogP contribution is -2.31. The average Bonchev–Trinajstić information content (AvgIpc) is 3.28. The fourth-order valence-corrected chi connectivity index (χ4v) is 8.26. The first-order valence-electron chi connectivity index (χ1n) is 6.75. The zero-order valence-electron chi connectivity index (χ0n) is 12.2. The highest BCUT2D eigenvalue weighted by Crippen LogP contribution is 2.33. The molecule has 3 heterocycles. The average molecular weight is 420 g/mol. The number of thiophene rings is 3. The molecule has 3 rings (SSSR count). The highest BCUT2D eigenvalue weighted by molar-refractivity contribution is 7.94. The van der Waals surface area contributed by atoms with E-state index in [0.717, 1.165) is 22.7 Å². The van der Waals surface area contributed by atoms with Crippen molar-refractivity contribution in [1.29, 1.82) is 0 Å². The van der Waals surface area contributed by atoms with Gasteiger partial charge in [0, 0.05) is 11.4 Å². The van der Waals surface area contributed by atoms with Crippen LogP contribution in [0.3, 0.4) is 0 Å². The van der Waals surface area contributed by atoms with Crippen molar-refractivity contribution in [2.24, 2.45) is 0 Å². The molecule has 0 aliphatic rings. The van der Waals surface area contributed by atoms with Crippen LogP contribution in [0.2, 0.25) is 0 Å². The van der Waals surface area contributed by atoms with Gasteiger partial charge in [-0.25, -0.2) is 21.6 Å². The third-order valence-electron chi connectivity index (χ3n) is 3.23. The van der Waals surface area contributed by atoms with Crippen LogP contribution >= 0.6 is 34.0 Å². The van der Waals surface area contributed by atoms with Gasteiger partial charge in [0.1, 0.15) is 13.7 Å². The minimum Gasteiger partial charge on any atom is -0.222 e. The maximum absolute atomic E-state index is 12.9. The van der Waals surface area contributed by atoms with Gasteiger partial charge >= 0.3 is 0 Å². The normalized spacial score (nSPS) is 13.8. The summed E-state index contributed by atoms with van der Waals surface area (Å²) in [6.07, 6.45) is 0. The molecule has 0 saturated carbocycles. The molecule has 1 N–H and O–H groups in total. The van der Waals surface area contributed by atoms with E-state index in [-0.39, 0.29) is 15.0 Å². The maximum Gasteiger partial charge on any atom is 0.250 e. The monoisotopic (exact) mass is 419 g/mol. The Morgan fingerprint density at radius 2 is 1.42 bits per heavy atom. The largest absolute Gasteiger partial charge is 0.250 e. The van der Waals surface area contributed by atoms with Crippen LogP contribution in [0.15, 0.2) is 61.0 Å². The molecule has 1 atom stereocenters. The Morgan fingerprint density at radius 3 is 1.96 bits per heavy atom. The van der Waals surface area contributed by atoms with Crippen LogP contribution in [0, 0.1) is 0 Å². The molecule has 3 aromatic heterocycles. The first kappa shape index (κ1) is 17.8. The van der Waals surface area contributed by atoms with Gasteiger partial charge in [0.2, 0.25) is 10.0 Å². The lowest BCUT2D eigenvalue weighted by molar-refractivity contribution is 0.572. The summed E-state index contributed by atoms with van der Waals surface area (Å²) in [5.74, 6) is 0. The molecule has 0 aliphatic carbocycles. The van der Waals surface area contributed by atoms with Gasteiger partial charge in [0.15, 0.2) is 9.84 Å². The summed E-state index contributed by atoms with van der Waals surface area (Å²) >= 11 is 3.51. The van der Waals surface area contributed by atoms with Crippen molar-refractivity contribution in [3.63, 3.8) is 0 Å². The fraction of sp³-hybridized carbons (Fsp3) is 0.143. The van der Waals surface area contributed by atoms with Crippen molar-refractivity contribution in [3.8, 4) is 0 Å². The SMILES string of the molecule is O=S(=O)(NC[C@@H](c1cccs1)S(=O)(=O)c1cccs1)c1cccs1. The van der Waals surface area contributed by atoms with Crippen LogP contribution in [-0.2, 0) is 19.9 Å². The molecule has 3 aromatic rings. The number of sulfone groups is 1. The summed E-state index contributed by atoms with van der Waals surface area (Å²) < 4.78 is 53.2. The summed E-state index contributed by atoms with van der Waals surface area (Å²) in [6, 6.07) is 9.79. The molecule has 0 bridgehead atoms. The van der Waals surface area contributed by atoms with E-state index >= 15 is 0 Å². The van der Waals surface area contributed by atoms with E-state index < -0.39 is 25.1 Å². The smallest absolute Gasteiger partial charge is 0.222 e. The van der Waals surface area contributed by atoms with Crippen LogP contribution < -0.4 is 4.72 Å². The van der Waals surface area contributed by atoms with Crippen molar-refractivity contribution in [3.05, 3.63) is 57.4 Å². The van der Waals surface area contributed by atoms with E-state index in [1.807, 2.05) is 0 Å². The molecule has 0 fully saturated rings. The number of hydrogen-bond acceptors (Lipinski definition) is 7. The molecule has 0 saturated heterocycles. The highest BCUT2D eigenvalue weighted by atomic mass is 32.2. The van der Waals surface area contributed by atoms with Crippen molar-refractivity contribution in [1.82, 2.24) is 4.72 Å². The first-order valence-corrected chi connectivity index (χ1v) is 12.4. The van der Waals surface area contributed by atoms with E-state index in [9.17, 15) is 16.8 Å². The number of rotatable bonds is 7. The van der Waals surface area contributed by atoms with Crippen LogP contribution in [-0.4, -0.2) is 23.4 Å². The summed E-state index contributed by atoms with van der Waals surface area (Å²) in [7, 11) is -7.39. The quantitative estimate of drug-likeness (QED) is 0.637. The van der Waals surface area contributed by atoms with Gasteiger partial charge in [-0.15, -0.1) is 34.0 Å². The molecule has 0 amide bonds. The second-order valence-electron chi connectivity index (χ2n) is 4.77. The van der Waals surface area contributed by atoms with E-state index in [4.69, 9.17) is 0 Å². The molecule has 128 valence electrons. The Balaban J connectivity index is 1.90. The lowest BCUT2D eigenvalue weighted by Gasteiger charge is -2.16. The molecule has 0 radical (unpaired) electrons. The van der Waals surface area contributed by atoms with Gasteiger partial charge in [-0.3, -0.25) is 0 Å². The van der Waals surface area contributed by atoms with Gasteiger partial charge in [-0.2, -0.15) is 0 Å². The van der Waals surface area contributed by atoms with Crippen molar-refractivity contribution < 1.29 is 16.8 Å². The number of sulfonamides is 1. The first-order chi connectivity index (χ1) is 11.4. The van der Waals surface area contributed by atoms with E-state index in [1.54, 1.807) is 40.4 Å². The number of nitrogens with one attached hydrogen (secondary N) is 1. The minimum atomic E-state index is -3.72. The zero-order chi connectivity index (χ0) is 17.2. The van der Waals surface area contributed by atoms with Crippen molar-refractivity contribution >= 4 is 53.9 Å². The Morgan fingerprint density at radius 1 is 0.833 bits per heavy atom. The van der Waals surface area contributed by atoms with Gasteiger partial charge in [0.25, 0.3) is 0 Å². The minimum absolute atomic E-state index is 0.168. The predicted molar refractivity (Wildman–Crippen MR) is 98.1 cm³/mol. The van der Waals surface area contributed by atoms with Gasteiger partial charge in [0.05, 0.1) is 0 Å². The standard InChI is InChI=1S/C14H13NO4S5/c16-23(17,13-5-2-8-21-13)12(11-4-1-7-20-11)10-15-24(18,19)14-6-3-9-22-14/h1-9,12,15H,10H2/t12-/m0/s1. The van der Waals surface area contributed by atoms with E-state index in [0.29, 0.717) is 4.88 Å². The van der Waals surface area contributed by atoms with Crippen molar-refractivity contribution in [2.75, 3.05) is 6.54 Å². The Labute approximate surface area is 152 Å². The van der Waals surface area contributed by atoms with Crippen LogP contribution in [0.1, 0.15) is 10.1 Å². The third kappa shape index (κ3) is 3.63. The molecule has 0 aliphatic heterocycles.